The Hall–Kier alpha value is -3.18. The predicted octanol–water partition coefficient (Wildman–Crippen LogP) is 4.92. The summed E-state index contributed by atoms with van der Waals surface area (Å²) in [6.07, 6.45) is 3.57. The minimum absolute atomic E-state index is 0.00494. The van der Waals surface area contributed by atoms with E-state index >= 15 is 0 Å². The maximum absolute atomic E-state index is 12.9. The van der Waals surface area contributed by atoms with Crippen LogP contribution in [0.4, 0.5) is 0 Å². The fourth-order valence-electron chi connectivity index (χ4n) is 3.08. The third-order valence-corrected chi connectivity index (χ3v) is 5.27. The van der Waals surface area contributed by atoms with Gasteiger partial charge in [0, 0.05) is 22.7 Å². The van der Waals surface area contributed by atoms with Gasteiger partial charge in [-0.25, -0.2) is 4.98 Å². The van der Waals surface area contributed by atoms with E-state index in [0.717, 1.165) is 21.6 Å². The molecule has 0 unspecified atom stereocenters. The van der Waals surface area contributed by atoms with Gasteiger partial charge < -0.3 is 4.90 Å². The quantitative estimate of drug-likeness (QED) is 0.450. The fourth-order valence-corrected chi connectivity index (χ4v) is 3.80. The van der Waals surface area contributed by atoms with Crippen molar-refractivity contribution in [3.63, 3.8) is 0 Å². The van der Waals surface area contributed by atoms with E-state index in [1.165, 1.54) is 0 Å². The van der Waals surface area contributed by atoms with Crippen LogP contribution in [0.5, 0.6) is 0 Å². The number of thiophene rings is 1. The Morgan fingerprint density at radius 1 is 1.11 bits per heavy atom. The van der Waals surface area contributed by atoms with Gasteiger partial charge in [0.15, 0.2) is 0 Å². The van der Waals surface area contributed by atoms with Crippen molar-refractivity contribution in [1.82, 2.24) is 14.5 Å². The lowest BCUT2D eigenvalue weighted by Crippen LogP contribution is -2.30. The summed E-state index contributed by atoms with van der Waals surface area (Å²) in [6, 6.07) is 19.7. The Kier molecular flexibility index (Phi) is 4.85. The molecule has 0 spiro atoms. The highest BCUT2D eigenvalue weighted by atomic mass is 32.1. The Morgan fingerprint density at radius 3 is 2.67 bits per heavy atom. The maximum atomic E-state index is 12.9. The number of rotatable bonds is 6. The second-order valence-corrected chi connectivity index (χ2v) is 7.24. The van der Waals surface area contributed by atoms with Crippen molar-refractivity contribution >= 4 is 28.3 Å². The number of fused-ring (bicyclic) bond motifs is 1. The lowest BCUT2D eigenvalue weighted by molar-refractivity contribution is 0.0764. The number of benzene rings is 2. The van der Waals surface area contributed by atoms with Crippen molar-refractivity contribution < 1.29 is 4.79 Å². The highest BCUT2D eigenvalue weighted by Gasteiger charge is 2.16. The Morgan fingerprint density at radius 2 is 1.93 bits per heavy atom. The minimum Gasteiger partial charge on any atom is -0.330 e. The molecule has 0 aliphatic heterocycles. The third-order valence-electron chi connectivity index (χ3n) is 4.41. The molecule has 0 N–H and O–H groups in total. The van der Waals surface area contributed by atoms with Gasteiger partial charge in [0.1, 0.15) is 6.33 Å². The van der Waals surface area contributed by atoms with E-state index in [9.17, 15) is 4.79 Å². The van der Waals surface area contributed by atoms with E-state index in [-0.39, 0.29) is 5.91 Å². The molecule has 134 valence electrons. The molecule has 0 radical (unpaired) electrons. The van der Waals surface area contributed by atoms with Crippen LogP contribution in [-0.2, 0) is 6.54 Å². The van der Waals surface area contributed by atoms with Gasteiger partial charge in [0.25, 0.3) is 5.91 Å². The molecule has 5 heteroatoms. The summed E-state index contributed by atoms with van der Waals surface area (Å²) in [7, 11) is 0. The van der Waals surface area contributed by atoms with E-state index < -0.39 is 0 Å². The van der Waals surface area contributed by atoms with Crippen molar-refractivity contribution in [2.45, 2.75) is 6.54 Å². The van der Waals surface area contributed by atoms with Gasteiger partial charge >= 0.3 is 0 Å². The van der Waals surface area contributed by atoms with E-state index in [1.54, 1.807) is 22.3 Å². The van der Waals surface area contributed by atoms with Crippen molar-refractivity contribution in [3.05, 3.63) is 95.5 Å². The molecule has 0 fully saturated rings. The summed E-state index contributed by atoms with van der Waals surface area (Å²) in [6.45, 7) is 4.89. The van der Waals surface area contributed by atoms with E-state index in [2.05, 4.69) is 11.6 Å². The lowest BCUT2D eigenvalue weighted by atomic mass is 10.1. The average Bonchev–Trinajstić information content (AvgIpc) is 3.37. The van der Waals surface area contributed by atoms with Crippen molar-refractivity contribution in [1.29, 1.82) is 0 Å². The zero-order valence-corrected chi connectivity index (χ0v) is 15.6. The smallest absolute Gasteiger partial charge is 0.254 e. The van der Waals surface area contributed by atoms with Gasteiger partial charge in [-0.05, 0) is 47.8 Å². The molecule has 4 rings (SSSR count). The van der Waals surface area contributed by atoms with Crippen LogP contribution in [0.3, 0.4) is 0 Å². The number of carbonyl (C=O) groups is 1. The number of amides is 1. The molecule has 1 amide bonds. The number of nitrogens with zero attached hydrogens (tertiary/aromatic N) is 3. The number of hydrogen-bond donors (Lipinski definition) is 0. The molecule has 2 aromatic carbocycles. The summed E-state index contributed by atoms with van der Waals surface area (Å²) in [4.78, 5) is 20.3. The summed E-state index contributed by atoms with van der Waals surface area (Å²) >= 11 is 1.65. The van der Waals surface area contributed by atoms with Gasteiger partial charge in [-0.2, -0.15) is 0 Å². The van der Waals surface area contributed by atoms with E-state index in [1.807, 2.05) is 76.9 Å². The number of para-hydroxylation sites is 2. The normalized spacial score (nSPS) is 10.8. The summed E-state index contributed by atoms with van der Waals surface area (Å²) in [5, 5.41) is 2.02. The minimum atomic E-state index is 0.00494. The van der Waals surface area contributed by atoms with E-state index in [4.69, 9.17) is 0 Å². The molecule has 2 heterocycles. The zero-order valence-electron chi connectivity index (χ0n) is 14.8. The monoisotopic (exact) mass is 373 g/mol. The predicted molar refractivity (Wildman–Crippen MR) is 110 cm³/mol. The lowest BCUT2D eigenvalue weighted by Gasteiger charge is -2.20. The molecule has 0 bridgehead atoms. The highest BCUT2D eigenvalue weighted by molar-refractivity contribution is 7.09. The molecule has 4 aromatic rings. The van der Waals surface area contributed by atoms with Crippen LogP contribution < -0.4 is 0 Å². The van der Waals surface area contributed by atoms with Crippen molar-refractivity contribution in [2.75, 3.05) is 6.54 Å². The summed E-state index contributed by atoms with van der Waals surface area (Å²) < 4.78 is 2.02. The molecule has 4 nitrogen and oxygen atoms in total. The largest absolute Gasteiger partial charge is 0.330 e. The van der Waals surface area contributed by atoms with Crippen LogP contribution >= 0.6 is 11.3 Å². The van der Waals surface area contributed by atoms with Crippen LogP contribution in [0.2, 0.25) is 0 Å². The molecular formula is C22H19N3OS. The average molecular weight is 373 g/mol. The van der Waals surface area contributed by atoms with Crippen LogP contribution in [0.25, 0.3) is 16.7 Å². The number of hydrogen-bond acceptors (Lipinski definition) is 3. The van der Waals surface area contributed by atoms with Crippen LogP contribution in [0.1, 0.15) is 15.2 Å². The zero-order chi connectivity index (χ0) is 18.6. The second-order valence-electron chi connectivity index (χ2n) is 6.20. The third kappa shape index (κ3) is 3.55. The highest BCUT2D eigenvalue weighted by Crippen LogP contribution is 2.20. The van der Waals surface area contributed by atoms with Crippen molar-refractivity contribution in [2.24, 2.45) is 0 Å². The Labute approximate surface area is 162 Å². The molecule has 0 aliphatic rings. The molecule has 27 heavy (non-hydrogen) atoms. The van der Waals surface area contributed by atoms with Crippen molar-refractivity contribution in [3.8, 4) is 5.69 Å². The molecule has 0 aliphatic carbocycles. The first-order valence-corrected chi connectivity index (χ1v) is 9.59. The first kappa shape index (κ1) is 17.2. The Bertz CT molecular complexity index is 1060. The molecule has 0 saturated carbocycles. The molecule has 0 atom stereocenters. The van der Waals surface area contributed by atoms with Gasteiger partial charge in [-0.1, -0.05) is 24.3 Å². The fraction of sp³-hybridized carbons (Fsp3) is 0.0909. The van der Waals surface area contributed by atoms with Gasteiger partial charge in [0.05, 0.1) is 17.6 Å². The van der Waals surface area contributed by atoms with E-state index in [0.29, 0.717) is 18.7 Å². The Balaban J connectivity index is 1.58. The van der Waals surface area contributed by atoms with Crippen LogP contribution in [0, 0.1) is 0 Å². The first-order chi connectivity index (χ1) is 13.3. The molecule has 2 aromatic heterocycles. The molecule has 0 saturated heterocycles. The van der Waals surface area contributed by atoms with Gasteiger partial charge in [-0.15, -0.1) is 17.9 Å². The number of aromatic nitrogens is 2. The molecular weight excluding hydrogens is 354 g/mol. The SMILES string of the molecule is C=CCN(Cc1cccs1)C(=O)c1ccc(-n2cnc3ccccc32)cc1. The maximum Gasteiger partial charge on any atom is 0.254 e. The topological polar surface area (TPSA) is 38.1 Å². The summed E-state index contributed by atoms with van der Waals surface area (Å²) in [5.74, 6) is 0.00494. The van der Waals surface area contributed by atoms with Gasteiger partial charge in [0.2, 0.25) is 0 Å². The summed E-state index contributed by atoms with van der Waals surface area (Å²) in [5.41, 5.74) is 3.64. The van der Waals surface area contributed by atoms with Crippen LogP contribution in [-0.4, -0.2) is 26.9 Å². The number of imidazole rings is 1. The second kappa shape index (κ2) is 7.60. The number of carbonyl (C=O) groups excluding carboxylic acids is 1. The van der Waals surface area contributed by atoms with Crippen LogP contribution in [0.15, 0.2) is 85.0 Å². The standard InChI is InChI=1S/C22H19N3OS/c1-2-13-24(15-19-6-5-14-27-19)22(26)17-9-11-18(12-10-17)25-16-23-20-7-3-4-8-21(20)25/h2-12,14,16H,1,13,15H2. The first-order valence-electron chi connectivity index (χ1n) is 8.71. The van der Waals surface area contributed by atoms with Gasteiger partial charge in [-0.3, -0.25) is 9.36 Å².